The van der Waals surface area contributed by atoms with Crippen LogP contribution in [0.15, 0.2) is 84.0 Å². The zero-order valence-corrected chi connectivity index (χ0v) is 24.7. The number of rotatable bonds is 7. The van der Waals surface area contributed by atoms with E-state index in [9.17, 15) is 9.18 Å². The summed E-state index contributed by atoms with van der Waals surface area (Å²) in [5, 5.41) is 7.04. The van der Waals surface area contributed by atoms with Crippen LogP contribution in [-0.4, -0.2) is 51.0 Å². The first kappa shape index (κ1) is 28.5. The average molecular weight is 578 g/mol. The van der Waals surface area contributed by atoms with E-state index in [4.69, 9.17) is 9.98 Å². The molecule has 0 spiro atoms. The van der Waals surface area contributed by atoms with Crippen molar-refractivity contribution in [3.8, 4) is 17.1 Å². The highest BCUT2D eigenvalue weighted by Gasteiger charge is 2.21. The van der Waals surface area contributed by atoms with Gasteiger partial charge >= 0.3 is 0 Å². The number of fused-ring (bicyclic) bond motifs is 2. The van der Waals surface area contributed by atoms with Gasteiger partial charge in [-0.1, -0.05) is 26.0 Å². The van der Waals surface area contributed by atoms with Gasteiger partial charge < -0.3 is 20.1 Å². The number of hydrogen-bond donors (Lipinski definition) is 2. The van der Waals surface area contributed by atoms with Crippen LogP contribution in [0.5, 0.6) is 0 Å². The predicted molar refractivity (Wildman–Crippen MR) is 169 cm³/mol. The maximum absolute atomic E-state index is 13.9. The summed E-state index contributed by atoms with van der Waals surface area (Å²) in [5.41, 5.74) is 5.84. The van der Waals surface area contributed by atoms with Crippen LogP contribution >= 0.6 is 0 Å². The van der Waals surface area contributed by atoms with Gasteiger partial charge in [-0.25, -0.2) is 14.4 Å². The quantitative estimate of drug-likeness (QED) is 0.219. The van der Waals surface area contributed by atoms with E-state index in [1.807, 2.05) is 36.4 Å². The minimum atomic E-state index is -0.281. The van der Waals surface area contributed by atoms with Crippen LogP contribution in [0.25, 0.3) is 28.1 Å². The highest BCUT2D eigenvalue weighted by atomic mass is 19.1. The van der Waals surface area contributed by atoms with Crippen molar-refractivity contribution in [3.63, 3.8) is 0 Å². The molecular weight excluding hydrogens is 541 g/mol. The number of para-hydroxylation sites is 2. The van der Waals surface area contributed by atoms with Gasteiger partial charge in [-0.3, -0.25) is 9.79 Å². The number of anilines is 3. The molecule has 43 heavy (non-hydrogen) atoms. The zero-order chi connectivity index (χ0) is 29.9. The van der Waals surface area contributed by atoms with E-state index in [1.54, 1.807) is 24.4 Å². The Labute approximate surface area is 250 Å². The molecule has 0 bridgehead atoms. The Morgan fingerprint density at radius 2 is 1.81 bits per heavy atom. The summed E-state index contributed by atoms with van der Waals surface area (Å²) in [7, 11) is 0. The van der Waals surface area contributed by atoms with Crippen LogP contribution in [0, 0.1) is 11.7 Å². The van der Waals surface area contributed by atoms with Crippen molar-refractivity contribution >= 4 is 34.1 Å². The largest absolute Gasteiger partial charge is 0.352 e. The number of amides is 1. The maximum Gasteiger partial charge on any atom is 0.222 e. The van der Waals surface area contributed by atoms with Crippen molar-refractivity contribution in [3.05, 3.63) is 90.2 Å². The van der Waals surface area contributed by atoms with Crippen molar-refractivity contribution in [2.45, 2.75) is 39.7 Å². The highest BCUT2D eigenvalue weighted by molar-refractivity contribution is 5.88. The summed E-state index contributed by atoms with van der Waals surface area (Å²) in [6.45, 7) is 9.13. The van der Waals surface area contributed by atoms with Gasteiger partial charge in [0.25, 0.3) is 0 Å². The molecule has 6 rings (SSSR count). The number of nitrogens with one attached hydrogen (secondary N) is 2. The molecule has 1 aromatic heterocycles. The number of piperidine rings is 1. The molecule has 2 aliphatic heterocycles. The Kier molecular flexibility index (Phi) is 8.16. The lowest BCUT2D eigenvalue weighted by atomic mass is 10.0. The van der Waals surface area contributed by atoms with Gasteiger partial charge in [-0.05, 0) is 79.4 Å². The Morgan fingerprint density at radius 1 is 1.05 bits per heavy atom. The molecule has 8 nitrogen and oxygen atoms in total. The molecule has 2 aromatic carbocycles. The van der Waals surface area contributed by atoms with E-state index in [2.05, 4.69) is 45.0 Å². The number of likely N-dealkylation sites (tertiary alicyclic amines) is 1. The number of aromatic nitrogens is 3. The second-order valence-corrected chi connectivity index (χ2v) is 11.6. The number of halogens is 1. The summed E-state index contributed by atoms with van der Waals surface area (Å²) in [6, 6.07) is 22.4. The van der Waals surface area contributed by atoms with Gasteiger partial charge in [0.1, 0.15) is 11.6 Å². The summed E-state index contributed by atoms with van der Waals surface area (Å²) < 4.78 is 16.0. The number of hydrogen-bond acceptors (Lipinski definition) is 6. The van der Waals surface area contributed by atoms with Gasteiger partial charge in [0, 0.05) is 32.2 Å². The summed E-state index contributed by atoms with van der Waals surface area (Å²) in [4.78, 5) is 28.7. The third kappa shape index (κ3) is 6.57. The second kappa shape index (κ2) is 12.3. The van der Waals surface area contributed by atoms with Gasteiger partial charge in [0.15, 0.2) is 0 Å². The number of pyridine rings is 1. The lowest BCUT2D eigenvalue weighted by molar-refractivity contribution is -0.114. The van der Waals surface area contributed by atoms with E-state index in [0.29, 0.717) is 11.7 Å². The first-order valence-corrected chi connectivity index (χ1v) is 14.8. The molecule has 3 heterocycles. The molecule has 0 unspecified atom stereocenters. The number of benzene rings is 3. The molecule has 9 heteroatoms. The van der Waals surface area contributed by atoms with Crippen molar-refractivity contribution in [1.29, 1.82) is 0 Å². The van der Waals surface area contributed by atoms with Crippen LogP contribution in [0.4, 0.5) is 21.6 Å². The fourth-order valence-corrected chi connectivity index (χ4v) is 5.74. The van der Waals surface area contributed by atoms with Crippen molar-refractivity contribution < 1.29 is 9.18 Å². The highest BCUT2D eigenvalue weighted by Crippen LogP contribution is 2.31. The van der Waals surface area contributed by atoms with E-state index in [-0.39, 0.29) is 17.8 Å². The first-order valence-electron chi connectivity index (χ1n) is 14.8. The first-order chi connectivity index (χ1) is 20.8. The Hall–Kier alpha value is -4.63. The lowest BCUT2D eigenvalue weighted by Gasteiger charge is -2.31. The third-order valence-corrected chi connectivity index (χ3v) is 7.63. The Bertz CT molecular complexity index is 1770. The number of carbonyl (C=O) groups excluding carboxylic acids is 1. The molecule has 2 N–H and O–H groups in total. The van der Waals surface area contributed by atoms with Gasteiger partial charge in [-0.2, -0.15) is 0 Å². The minimum absolute atomic E-state index is 0.170. The molecule has 0 radical (unpaired) electrons. The van der Waals surface area contributed by atoms with Gasteiger partial charge in [0.2, 0.25) is 5.91 Å². The Morgan fingerprint density at radius 3 is 2.51 bits per heavy atom. The standard InChI is InChI=1S/C34H36FN7O/c1-22(2)21-41-16-14-25(15-17-41)38-30-19-33-31(18-29(30)39-26-10-13-34(36-20-26)37-23(3)43)40-28-6-4-5-7-32(28)42(33)27-11-8-24(35)9-12-27/h4-13,18-20,22,25,39H,14-17,21H2,1-3H3,(H,36,37,43)/b38-30+. The maximum atomic E-state index is 13.9. The summed E-state index contributed by atoms with van der Waals surface area (Å²) in [5.74, 6) is 0.676. The number of nitrogens with zero attached hydrogens (tertiary/aromatic N) is 5. The zero-order valence-electron chi connectivity index (χ0n) is 24.7. The SMILES string of the molecule is CC(=O)Nc1ccc(Nc2cc3nc4ccccc4n(-c4ccc(F)cc4)c-3c/c2=N\C2CCN(CC(C)C)CC2)cn1. The molecule has 1 aliphatic carbocycles. The monoisotopic (exact) mass is 577 g/mol. The van der Waals surface area contributed by atoms with E-state index in [1.165, 1.54) is 19.1 Å². The van der Waals surface area contributed by atoms with Crippen molar-refractivity contribution in [1.82, 2.24) is 19.4 Å². The normalized spacial score (nSPS) is 15.0. The van der Waals surface area contributed by atoms with Gasteiger partial charge in [-0.15, -0.1) is 0 Å². The average Bonchev–Trinajstić information content (AvgIpc) is 2.98. The molecule has 1 fully saturated rings. The van der Waals surface area contributed by atoms with Crippen molar-refractivity contribution in [2.24, 2.45) is 10.9 Å². The molecule has 3 aromatic rings. The van der Waals surface area contributed by atoms with E-state index < -0.39 is 0 Å². The second-order valence-electron chi connectivity index (χ2n) is 11.6. The Balaban J connectivity index is 1.48. The molecule has 1 amide bonds. The fraction of sp³-hybridized carbons (Fsp3) is 0.294. The summed E-state index contributed by atoms with van der Waals surface area (Å²) in [6.07, 6.45) is 3.67. The topological polar surface area (TPSA) is 87.4 Å². The van der Waals surface area contributed by atoms with Crippen LogP contribution in [0.3, 0.4) is 0 Å². The molecular formula is C34H36FN7O. The molecule has 3 aliphatic rings. The smallest absolute Gasteiger partial charge is 0.222 e. The van der Waals surface area contributed by atoms with Crippen molar-refractivity contribution in [2.75, 3.05) is 30.3 Å². The molecule has 1 saturated heterocycles. The molecule has 0 saturated carbocycles. The molecule has 220 valence electrons. The minimum Gasteiger partial charge on any atom is -0.352 e. The number of carbonyl (C=O) groups is 1. The third-order valence-electron chi connectivity index (χ3n) is 7.63. The van der Waals surface area contributed by atoms with E-state index >= 15 is 0 Å². The van der Waals surface area contributed by atoms with Gasteiger partial charge in [0.05, 0.1) is 51.4 Å². The molecule has 0 atom stereocenters. The van der Waals surface area contributed by atoms with E-state index in [0.717, 1.165) is 77.3 Å². The van der Waals surface area contributed by atoms with Crippen LogP contribution in [0.2, 0.25) is 0 Å². The fourth-order valence-electron chi connectivity index (χ4n) is 5.74. The summed E-state index contributed by atoms with van der Waals surface area (Å²) >= 11 is 0. The van der Waals surface area contributed by atoms with Crippen LogP contribution in [-0.2, 0) is 4.79 Å². The predicted octanol–water partition coefficient (Wildman–Crippen LogP) is 6.39. The lowest BCUT2D eigenvalue weighted by Crippen LogP contribution is -2.38. The van der Waals surface area contributed by atoms with Crippen LogP contribution in [0.1, 0.15) is 33.6 Å². The van der Waals surface area contributed by atoms with Crippen LogP contribution < -0.4 is 16.0 Å².